The minimum Gasteiger partial charge on any atom is -0.351 e. The van der Waals surface area contributed by atoms with E-state index >= 15 is 0 Å². The van der Waals surface area contributed by atoms with Gasteiger partial charge < -0.3 is 10.3 Å². The van der Waals surface area contributed by atoms with Gasteiger partial charge in [-0.2, -0.15) is 0 Å². The topological polar surface area (TPSA) is 110 Å². The molecule has 1 aromatic rings. The maximum atomic E-state index is 11.1. The van der Waals surface area contributed by atoms with Crippen LogP contribution in [0.4, 0.5) is 17.3 Å². The zero-order chi connectivity index (χ0) is 13.7. The molecule has 0 aliphatic heterocycles. The lowest BCUT2D eigenvalue weighted by Gasteiger charge is -2.25. The number of rotatable bonds is 6. The lowest BCUT2D eigenvalue weighted by atomic mass is 10.1. The summed E-state index contributed by atoms with van der Waals surface area (Å²) in [5.74, 6) is 5.51. The maximum Gasteiger partial charge on any atom is 0.354 e. The Morgan fingerprint density at radius 2 is 2.28 bits per heavy atom. The highest BCUT2D eigenvalue weighted by molar-refractivity contribution is 5.69. The number of hydrazine groups is 1. The Morgan fingerprint density at radius 3 is 2.78 bits per heavy atom. The molecule has 0 fully saturated rings. The maximum absolute atomic E-state index is 11.1. The number of hydrogen-bond acceptors (Lipinski definition) is 7. The van der Waals surface area contributed by atoms with Crippen molar-refractivity contribution in [3.8, 4) is 0 Å². The van der Waals surface area contributed by atoms with Crippen molar-refractivity contribution in [2.45, 2.75) is 32.7 Å². The molecule has 0 saturated carbocycles. The molecule has 0 aliphatic rings. The Bertz CT molecular complexity index is 425. The first-order valence-corrected chi connectivity index (χ1v) is 5.71. The normalized spacial score (nSPS) is 12.0. The van der Waals surface area contributed by atoms with E-state index < -0.39 is 4.92 Å². The second-order valence-electron chi connectivity index (χ2n) is 4.04. The van der Waals surface area contributed by atoms with E-state index in [1.54, 1.807) is 11.9 Å². The molecule has 1 atom stereocenters. The van der Waals surface area contributed by atoms with Crippen LogP contribution in [-0.2, 0) is 0 Å². The van der Waals surface area contributed by atoms with Crippen molar-refractivity contribution in [1.82, 2.24) is 9.97 Å². The molecule has 0 aromatic carbocycles. The van der Waals surface area contributed by atoms with Crippen molar-refractivity contribution in [3.05, 3.63) is 16.4 Å². The third kappa shape index (κ3) is 2.83. The Morgan fingerprint density at radius 1 is 1.61 bits per heavy atom. The molecule has 8 nitrogen and oxygen atoms in total. The zero-order valence-corrected chi connectivity index (χ0v) is 10.8. The fourth-order valence-corrected chi connectivity index (χ4v) is 1.72. The van der Waals surface area contributed by atoms with Gasteiger partial charge in [0.25, 0.3) is 0 Å². The molecule has 3 N–H and O–H groups in total. The van der Waals surface area contributed by atoms with Gasteiger partial charge >= 0.3 is 5.69 Å². The summed E-state index contributed by atoms with van der Waals surface area (Å²) in [7, 11) is 1.77. The molecule has 0 bridgehead atoms. The van der Waals surface area contributed by atoms with Crippen molar-refractivity contribution >= 4 is 17.3 Å². The Kier molecular flexibility index (Phi) is 4.78. The number of hydrogen-bond donors (Lipinski definition) is 2. The van der Waals surface area contributed by atoms with E-state index in [4.69, 9.17) is 5.84 Å². The molecule has 0 saturated heterocycles. The molecule has 1 aromatic heterocycles. The molecule has 1 rings (SSSR count). The van der Waals surface area contributed by atoms with Gasteiger partial charge in [-0.25, -0.2) is 15.8 Å². The standard InChI is InChI=1S/C10H18N6O2/c1-4-5-7(2)15(3)10-8(16(17)18)9(14-11)12-6-13-10/h6-7H,4-5,11H2,1-3H3,(H,12,13,14). The smallest absolute Gasteiger partial charge is 0.351 e. The summed E-state index contributed by atoms with van der Waals surface area (Å²) < 4.78 is 0. The van der Waals surface area contributed by atoms with Crippen LogP contribution in [-0.4, -0.2) is 28.0 Å². The number of nitrogens with two attached hydrogens (primary N) is 1. The average Bonchev–Trinajstić information content (AvgIpc) is 2.36. The highest BCUT2D eigenvalue weighted by Gasteiger charge is 2.26. The molecular formula is C10H18N6O2. The van der Waals surface area contributed by atoms with Crippen LogP contribution in [0, 0.1) is 10.1 Å². The predicted molar refractivity (Wildman–Crippen MR) is 69.3 cm³/mol. The summed E-state index contributed by atoms with van der Waals surface area (Å²) in [5, 5.41) is 11.1. The Labute approximate surface area is 105 Å². The number of nitrogens with zero attached hydrogens (tertiary/aromatic N) is 4. The van der Waals surface area contributed by atoms with Crippen molar-refractivity contribution in [3.63, 3.8) is 0 Å². The predicted octanol–water partition coefficient (Wildman–Crippen LogP) is 1.30. The largest absolute Gasteiger partial charge is 0.354 e. The van der Waals surface area contributed by atoms with Crippen LogP contribution in [0.25, 0.3) is 0 Å². The van der Waals surface area contributed by atoms with Gasteiger partial charge in [0, 0.05) is 13.1 Å². The first-order valence-electron chi connectivity index (χ1n) is 5.71. The molecule has 1 unspecified atom stereocenters. The van der Waals surface area contributed by atoms with E-state index in [1.165, 1.54) is 6.33 Å². The number of anilines is 2. The molecule has 100 valence electrons. The lowest BCUT2D eigenvalue weighted by molar-refractivity contribution is -0.383. The number of nitrogen functional groups attached to an aromatic ring is 1. The second kappa shape index (κ2) is 6.10. The average molecular weight is 254 g/mol. The van der Waals surface area contributed by atoms with Crippen molar-refractivity contribution in [2.75, 3.05) is 17.4 Å². The molecule has 0 aliphatic carbocycles. The van der Waals surface area contributed by atoms with Crippen LogP contribution < -0.4 is 16.2 Å². The van der Waals surface area contributed by atoms with Gasteiger partial charge in [-0.15, -0.1) is 0 Å². The van der Waals surface area contributed by atoms with Crippen molar-refractivity contribution in [1.29, 1.82) is 0 Å². The Hall–Kier alpha value is -1.96. The number of nitro groups is 1. The van der Waals surface area contributed by atoms with Crippen LogP contribution in [0.2, 0.25) is 0 Å². The third-order valence-electron chi connectivity index (χ3n) is 2.82. The highest BCUT2D eigenvalue weighted by atomic mass is 16.6. The van der Waals surface area contributed by atoms with E-state index in [0.29, 0.717) is 0 Å². The Balaban J connectivity index is 3.19. The van der Waals surface area contributed by atoms with Gasteiger partial charge in [-0.3, -0.25) is 10.1 Å². The minimum atomic E-state index is -0.528. The first-order chi connectivity index (χ1) is 8.52. The molecule has 0 amide bonds. The molecule has 8 heteroatoms. The molecule has 18 heavy (non-hydrogen) atoms. The van der Waals surface area contributed by atoms with Crippen LogP contribution in [0.1, 0.15) is 26.7 Å². The molecule has 0 spiro atoms. The number of aromatic nitrogens is 2. The van der Waals surface area contributed by atoms with Gasteiger partial charge in [0.2, 0.25) is 11.6 Å². The summed E-state index contributed by atoms with van der Waals surface area (Å²) in [6.45, 7) is 4.05. The number of nitrogens with one attached hydrogen (secondary N) is 1. The SMILES string of the molecule is CCCC(C)N(C)c1ncnc(NN)c1[N+](=O)[O-]. The first kappa shape index (κ1) is 14.1. The fraction of sp³-hybridized carbons (Fsp3) is 0.600. The van der Waals surface area contributed by atoms with Gasteiger partial charge in [0.05, 0.1) is 4.92 Å². The van der Waals surface area contributed by atoms with Gasteiger partial charge in [-0.1, -0.05) is 13.3 Å². The second-order valence-corrected chi connectivity index (χ2v) is 4.04. The van der Waals surface area contributed by atoms with Crippen molar-refractivity contribution < 1.29 is 4.92 Å². The molecular weight excluding hydrogens is 236 g/mol. The monoisotopic (exact) mass is 254 g/mol. The summed E-state index contributed by atoms with van der Waals surface area (Å²) in [4.78, 5) is 20.1. The third-order valence-corrected chi connectivity index (χ3v) is 2.82. The van der Waals surface area contributed by atoms with Crippen LogP contribution >= 0.6 is 0 Å². The van der Waals surface area contributed by atoms with Crippen LogP contribution in [0.15, 0.2) is 6.33 Å². The summed E-state index contributed by atoms with van der Waals surface area (Å²) >= 11 is 0. The van der Waals surface area contributed by atoms with E-state index in [1.807, 2.05) is 6.92 Å². The van der Waals surface area contributed by atoms with Crippen LogP contribution in [0.3, 0.4) is 0 Å². The van der Waals surface area contributed by atoms with Crippen molar-refractivity contribution in [2.24, 2.45) is 5.84 Å². The quantitative estimate of drug-likeness (QED) is 0.447. The van der Waals surface area contributed by atoms with E-state index in [-0.39, 0.29) is 23.4 Å². The summed E-state index contributed by atoms with van der Waals surface area (Å²) in [6.07, 6.45) is 3.17. The fourth-order valence-electron chi connectivity index (χ4n) is 1.72. The minimum absolute atomic E-state index is 0.0144. The van der Waals surface area contributed by atoms with Crippen LogP contribution in [0.5, 0.6) is 0 Å². The van der Waals surface area contributed by atoms with Gasteiger partial charge in [0.15, 0.2) is 0 Å². The van der Waals surface area contributed by atoms with E-state index in [9.17, 15) is 10.1 Å². The van der Waals surface area contributed by atoms with E-state index in [2.05, 4.69) is 22.3 Å². The van der Waals surface area contributed by atoms with Gasteiger partial charge in [-0.05, 0) is 13.3 Å². The summed E-state index contributed by atoms with van der Waals surface area (Å²) in [5.41, 5.74) is 2.02. The molecule has 0 radical (unpaired) electrons. The zero-order valence-electron chi connectivity index (χ0n) is 10.8. The summed E-state index contributed by atoms with van der Waals surface area (Å²) in [6, 6.07) is 0.147. The van der Waals surface area contributed by atoms with E-state index in [0.717, 1.165) is 12.8 Å². The lowest BCUT2D eigenvalue weighted by Crippen LogP contribution is -2.30. The molecule has 1 heterocycles. The highest BCUT2D eigenvalue weighted by Crippen LogP contribution is 2.31. The van der Waals surface area contributed by atoms with Gasteiger partial charge in [0.1, 0.15) is 6.33 Å².